The molecule has 0 unspecified atom stereocenters. The second kappa shape index (κ2) is 4.73. The summed E-state index contributed by atoms with van der Waals surface area (Å²) in [6.07, 6.45) is 0.256. The molecular formula is C11H11BrClNO2. The van der Waals surface area contributed by atoms with E-state index in [-0.39, 0.29) is 5.91 Å². The van der Waals surface area contributed by atoms with Crippen LogP contribution in [0.25, 0.3) is 0 Å². The Morgan fingerprint density at radius 3 is 2.88 bits per heavy atom. The summed E-state index contributed by atoms with van der Waals surface area (Å²) in [6.45, 7) is 1.02. The molecule has 2 rings (SSSR count). The van der Waals surface area contributed by atoms with Crippen molar-refractivity contribution in [3.63, 3.8) is 0 Å². The van der Waals surface area contributed by atoms with Gasteiger partial charge in [-0.05, 0) is 40.5 Å². The van der Waals surface area contributed by atoms with Gasteiger partial charge in [-0.1, -0.05) is 11.6 Å². The van der Waals surface area contributed by atoms with Gasteiger partial charge in [-0.2, -0.15) is 0 Å². The molecule has 1 heterocycles. The van der Waals surface area contributed by atoms with Crippen LogP contribution in [0.2, 0.25) is 5.02 Å². The average molecular weight is 305 g/mol. The van der Waals surface area contributed by atoms with E-state index in [2.05, 4.69) is 15.9 Å². The van der Waals surface area contributed by atoms with E-state index in [0.29, 0.717) is 34.6 Å². The van der Waals surface area contributed by atoms with Crippen molar-refractivity contribution in [1.29, 1.82) is 0 Å². The number of nitrogens with zero attached hydrogens (tertiary/aromatic N) is 1. The number of aliphatic hydroxyl groups is 1. The van der Waals surface area contributed by atoms with Gasteiger partial charge in [-0.3, -0.25) is 4.79 Å². The Labute approximate surface area is 107 Å². The minimum atomic E-state index is -0.393. The van der Waals surface area contributed by atoms with Gasteiger partial charge in [0.15, 0.2) is 0 Å². The molecule has 1 aromatic carbocycles. The normalized spacial score (nSPS) is 20.2. The highest BCUT2D eigenvalue weighted by molar-refractivity contribution is 9.10. The second-order valence-electron chi connectivity index (χ2n) is 3.82. The summed E-state index contributed by atoms with van der Waals surface area (Å²) in [5, 5.41) is 9.97. The van der Waals surface area contributed by atoms with Crippen molar-refractivity contribution in [2.45, 2.75) is 12.5 Å². The van der Waals surface area contributed by atoms with E-state index in [1.807, 2.05) is 0 Å². The highest BCUT2D eigenvalue weighted by Gasteiger charge is 2.26. The number of aliphatic hydroxyl groups excluding tert-OH is 1. The molecule has 1 aliphatic rings. The molecular weight excluding hydrogens is 293 g/mol. The quantitative estimate of drug-likeness (QED) is 0.865. The van der Waals surface area contributed by atoms with Crippen LogP contribution in [0.4, 0.5) is 0 Å². The first kappa shape index (κ1) is 11.9. The van der Waals surface area contributed by atoms with Crippen molar-refractivity contribution < 1.29 is 9.90 Å². The average Bonchev–Trinajstić information content (AvgIpc) is 2.64. The third-order valence-corrected chi connectivity index (χ3v) is 3.50. The monoisotopic (exact) mass is 303 g/mol. The summed E-state index contributed by atoms with van der Waals surface area (Å²) < 4.78 is 0.686. The lowest BCUT2D eigenvalue weighted by molar-refractivity contribution is 0.0764. The summed E-state index contributed by atoms with van der Waals surface area (Å²) in [6, 6.07) is 5.08. The smallest absolute Gasteiger partial charge is 0.255 e. The van der Waals surface area contributed by atoms with Crippen molar-refractivity contribution in [2.75, 3.05) is 13.1 Å². The molecule has 86 valence electrons. The van der Waals surface area contributed by atoms with E-state index in [0.717, 1.165) is 0 Å². The molecule has 0 aromatic heterocycles. The van der Waals surface area contributed by atoms with Gasteiger partial charge in [-0.25, -0.2) is 0 Å². The van der Waals surface area contributed by atoms with Crippen LogP contribution in [-0.4, -0.2) is 35.1 Å². The number of carbonyl (C=O) groups excluding carboxylic acids is 1. The minimum absolute atomic E-state index is 0.0694. The number of halogens is 2. The maximum Gasteiger partial charge on any atom is 0.255 e. The van der Waals surface area contributed by atoms with Gasteiger partial charge in [0.2, 0.25) is 0 Å². The van der Waals surface area contributed by atoms with Crippen LogP contribution in [0.3, 0.4) is 0 Å². The van der Waals surface area contributed by atoms with Gasteiger partial charge in [-0.15, -0.1) is 0 Å². The number of likely N-dealkylation sites (tertiary alicyclic amines) is 1. The van der Waals surface area contributed by atoms with Gasteiger partial charge in [0.1, 0.15) is 0 Å². The molecule has 0 saturated carbocycles. The number of rotatable bonds is 1. The fraction of sp³-hybridized carbons (Fsp3) is 0.364. The lowest BCUT2D eigenvalue weighted by Crippen LogP contribution is -2.29. The molecule has 1 aromatic rings. The minimum Gasteiger partial charge on any atom is -0.391 e. The van der Waals surface area contributed by atoms with Gasteiger partial charge >= 0.3 is 0 Å². The zero-order valence-electron chi connectivity index (χ0n) is 8.49. The van der Waals surface area contributed by atoms with Crippen molar-refractivity contribution in [3.8, 4) is 0 Å². The first-order valence-electron chi connectivity index (χ1n) is 5.00. The zero-order chi connectivity index (χ0) is 11.7. The number of carbonyl (C=O) groups is 1. The van der Waals surface area contributed by atoms with Crippen molar-refractivity contribution in [2.24, 2.45) is 0 Å². The first-order valence-corrected chi connectivity index (χ1v) is 6.17. The maximum absolute atomic E-state index is 12.1. The number of amides is 1. The van der Waals surface area contributed by atoms with Crippen LogP contribution >= 0.6 is 27.5 Å². The van der Waals surface area contributed by atoms with E-state index in [1.54, 1.807) is 23.1 Å². The van der Waals surface area contributed by atoms with E-state index in [9.17, 15) is 9.90 Å². The molecule has 1 atom stereocenters. The maximum atomic E-state index is 12.1. The molecule has 0 spiro atoms. The largest absolute Gasteiger partial charge is 0.391 e. The Morgan fingerprint density at radius 2 is 2.31 bits per heavy atom. The predicted octanol–water partition coefficient (Wildman–Crippen LogP) is 2.31. The van der Waals surface area contributed by atoms with Crippen molar-refractivity contribution >= 4 is 33.4 Å². The lowest BCUT2D eigenvalue weighted by Gasteiger charge is -2.16. The molecule has 1 fully saturated rings. The van der Waals surface area contributed by atoms with Gasteiger partial charge in [0.25, 0.3) is 5.91 Å². The summed E-state index contributed by atoms with van der Waals surface area (Å²) >= 11 is 9.13. The van der Waals surface area contributed by atoms with Crippen molar-refractivity contribution in [1.82, 2.24) is 4.90 Å². The molecule has 3 nitrogen and oxygen atoms in total. The fourth-order valence-corrected chi connectivity index (χ4v) is 2.61. The second-order valence-corrected chi connectivity index (χ2v) is 5.11. The molecule has 1 amide bonds. The highest BCUT2D eigenvalue weighted by atomic mass is 79.9. The van der Waals surface area contributed by atoms with Crippen LogP contribution in [0.15, 0.2) is 22.7 Å². The van der Waals surface area contributed by atoms with Crippen LogP contribution in [0.5, 0.6) is 0 Å². The van der Waals surface area contributed by atoms with Gasteiger partial charge in [0, 0.05) is 22.6 Å². The predicted molar refractivity (Wildman–Crippen MR) is 65.7 cm³/mol. The van der Waals surface area contributed by atoms with E-state index in [1.165, 1.54) is 0 Å². The summed E-state index contributed by atoms with van der Waals surface area (Å²) in [5.41, 5.74) is 0.582. The molecule has 1 aliphatic heterocycles. The first-order chi connectivity index (χ1) is 7.58. The SMILES string of the molecule is O=C(c1ccc(Cl)cc1Br)N1CC[C@H](O)C1. The molecule has 16 heavy (non-hydrogen) atoms. The van der Waals surface area contributed by atoms with Crippen molar-refractivity contribution in [3.05, 3.63) is 33.3 Å². The van der Waals surface area contributed by atoms with Crippen LogP contribution in [0.1, 0.15) is 16.8 Å². The molecule has 0 aliphatic carbocycles. The molecule has 1 saturated heterocycles. The van der Waals surface area contributed by atoms with Gasteiger partial charge in [0.05, 0.1) is 11.7 Å². The number of hydrogen-bond acceptors (Lipinski definition) is 2. The summed E-state index contributed by atoms with van der Waals surface area (Å²) in [4.78, 5) is 13.7. The Kier molecular flexibility index (Phi) is 3.52. The molecule has 0 radical (unpaired) electrons. The van der Waals surface area contributed by atoms with Crippen LogP contribution < -0.4 is 0 Å². The Bertz CT molecular complexity index is 424. The summed E-state index contributed by atoms with van der Waals surface area (Å²) in [5.74, 6) is -0.0694. The third kappa shape index (κ3) is 2.39. The Morgan fingerprint density at radius 1 is 1.56 bits per heavy atom. The number of benzene rings is 1. The fourth-order valence-electron chi connectivity index (χ4n) is 1.76. The molecule has 0 bridgehead atoms. The van der Waals surface area contributed by atoms with E-state index in [4.69, 9.17) is 11.6 Å². The number of β-amino-alcohol motifs (C(OH)–C–C–N with tert-alkyl or cyclic N) is 1. The Balaban J connectivity index is 2.21. The topological polar surface area (TPSA) is 40.5 Å². The lowest BCUT2D eigenvalue weighted by atomic mass is 10.2. The highest BCUT2D eigenvalue weighted by Crippen LogP contribution is 2.24. The summed E-state index contributed by atoms with van der Waals surface area (Å²) in [7, 11) is 0. The van der Waals surface area contributed by atoms with E-state index >= 15 is 0 Å². The zero-order valence-corrected chi connectivity index (χ0v) is 10.8. The third-order valence-electron chi connectivity index (χ3n) is 2.61. The number of hydrogen-bond donors (Lipinski definition) is 1. The van der Waals surface area contributed by atoms with Gasteiger partial charge < -0.3 is 10.0 Å². The Hall–Kier alpha value is -0.580. The van der Waals surface area contributed by atoms with E-state index < -0.39 is 6.10 Å². The van der Waals surface area contributed by atoms with Crippen LogP contribution in [0, 0.1) is 0 Å². The molecule has 5 heteroatoms. The standard InChI is InChI=1S/C11H11BrClNO2/c12-10-5-7(13)1-2-9(10)11(16)14-4-3-8(15)6-14/h1-2,5,8,15H,3-4,6H2/t8-/m0/s1. The van der Waals surface area contributed by atoms with Crippen LogP contribution in [-0.2, 0) is 0 Å². The molecule has 1 N–H and O–H groups in total.